The molecule has 0 aromatic heterocycles. The van der Waals surface area contributed by atoms with Crippen LogP contribution in [0.4, 0.5) is 0 Å². The topological polar surface area (TPSA) is 57.6 Å². The quantitative estimate of drug-likeness (QED) is 0.619. The zero-order chi connectivity index (χ0) is 14.3. The van der Waals surface area contributed by atoms with Crippen molar-refractivity contribution in [2.45, 2.75) is 51.0 Å². The van der Waals surface area contributed by atoms with Crippen LogP contribution in [0.25, 0.3) is 0 Å². The van der Waals surface area contributed by atoms with Crippen LogP contribution in [0, 0.1) is 17.8 Å². The van der Waals surface area contributed by atoms with Gasteiger partial charge < -0.3 is 5.11 Å². The maximum absolute atomic E-state index is 12.4. The van der Waals surface area contributed by atoms with Gasteiger partial charge in [-0.25, -0.2) is 0 Å². The molecule has 20 heavy (non-hydrogen) atoms. The fourth-order valence-electron chi connectivity index (χ4n) is 3.78. The molecule has 2 fully saturated rings. The van der Waals surface area contributed by atoms with Gasteiger partial charge in [-0.2, -0.15) is 0 Å². The lowest BCUT2D eigenvalue weighted by Gasteiger charge is -2.37. The fraction of sp³-hybridized carbons (Fsp3) is 0.750. The number of aliphatic hydroxyl groups is 1. The number of hydrogen-bond donors (Lipinski definition) is 1. The number of rotatable bonds is 2. The van der Waals surface area contributed by atoms with E-state index < -0.39 is 5.60 Å². The lowest BCUT2D eigenvalue weighted by molar-refractivity contribution is -0.145. The third-order valence-corrected chi connectivity index (χ3v) is 5.26. The Morgan fingerprint density at radius 2 is 1.65 bits per heavy atom. The lowest BCUT2D eigenvalue weighted by Crippen LogP contribution is -2.47. The van der Waals surface area contributed by atoms with Gasteiger partial charge in [0.2, 0.25) is 11.8 Å². The average molecular weight is 277 g/mol. The first-order valence-electron chi connectivity index (χ1n) is 7.73. The van der Waals surface area contributed by atoms with E-state index in [0.717, 1.165) is 12.8 Å². The predicted molar refractivity (Wildman–Crippen MR) is 74.7 cm³/mol. The average Bonchev–Trinajstić information content (AvgIpc) is 2.68. The van der Waals surface area contributed by atoms with E-state index in [-0.39, 0.29) is 30.2 Å². The van der Waals surface area contributed by atoms with Crippen molar-refractivity contribution in [3.05, 3.63) is 12.2 Å². The molecular formula is C16H23NO3. The number of carbonyl (C=O) groups excluding carboxylic acids is 2. The number of amides is 2. The van der Waals surface area contributed by atoms with Crippen molar-refractivity contribution in [3.63, 3.8) is 0 Å². The molecule has 4 heteroatoms. The first-order valence-corrected chi connectivity index (χ1v) is 7.73. The van der Waals surface area contributed by atoms with Crippen molar-refractivity contribution in [2.75, 3.05) is 6.54 Å². The number of imide groups is 1. The summed E-state index contributed by atoms with van der Waals surface area (Å²) in [7, 11) is 0. The van der Waals surface area contributed by atoms with Crippen molar-refractivity contribution >= 4 is 11.8 Å². The van der Waals surface area contributed by atoms with Gasteiger partial charge in [-0.15, -0.1) is 0 Å². The second-order valence-corrected chi connectivity index (χ2v) is 6.83. The molecule has 0 bridgehead atoms. The molecule has 110 valence electrons. The van der Waals surface area contributed by atoms with E-state index >= 15 is 0 Å². The molecule has 1 heterocycles. The van der Waals surface area contributed by atoms with Gasteiger partial charge in [0.1, 0.15) is 0 Å². The molecule has 1 N–H and O–H groups in total. The van der Waals surface area contributed by atoms with E-state index in [9.17, 15) is 14.7 Å². The summed E-state index contributed by atoms with van der Waals surface area (Å²) < 4.78 is 0. The number of allylic oxidation sites excluding steroid dienone is 2. The molecular weight excluding hydrogens is 254 g/mol. The predicted octanol–water partition coefficient (Wildman–Crippen LogP) is 1.88. The van der Waals surface area contributed by atoms with Gasteiger partial charge in [0.15, 0.2) is 0 Å². The molecule has 4 nitrogen and oxygen atoms in total. The van der Waals surface area contributed by atoms with Gasteiger partial charge in [-0.1, -0.05) is 19.1 Å². The monoisotopic (exact) mass is 277 g/mol. The van der Waals surface area contributed by atoms with Crippen molar-refractivity contribution in [3.8, 4) is 0 Å². The normalized spacial score (nSPS) is 41.1. The SMILES string of the molecule is CC1CCC(O)(CN2C(=O)C3CC=CCC3C2=O)CC1. The van der Waals surface area contributed by atoms with Crippen molar-refractivity contribution in [1.29, 1.82) is 0 Å². The first-order chi connectivity index (χ1) is 9.50. The minimum Gasteiger partial charge on any atom is -0.388 e. The van der Waals surface area contributed by atoms with Gasteiger partial charge in [0.25, 0.3) is 0 Å². The molecule has 0 aromatic carbocycles. The molecule has 1 saturated carbocycles. The number of carbonyl (C=O) groups is 2. The molecule has 2 aliphatic carbocycles. The van der Waals surface area contributed by atoms with Crippen LogP contribution in [-0.2, 0) is 9.59 Å². The van der Waals surface area contributed by atoms with Crippen LogP contribution in [-0.4, -0.2) is 34.0 Å². The van der Waals surface area contributed by atoms with Crippen LogP contribution in [0.1, 0.15) is 45.4 Å². The highest BCUT2D eigenvalue weighted by Gasteiger charge is 2.49. The Kier molecular flexibility index (Phi) is 3.44. The van der Waals surface area contributed by atoms with Crippen LogP contribution < -0.4 is 0 Å². The molecule has 0 aromatic rings. The van der Waals surface area contributed by atoms with E-state index in [4.69, 9.17) is 0 Å². The molecule has 0 radical (unpaired) electrons. The molecule has 2 atom stereocenters. The minimum absolute atomic E-state index is 0.0728. The van der Waals surface area contributed by atoms with Gasteiger partial charge in [0, 0.05) is 0 Å². The maximum Gasteiger partial charge on any atom is 0.233 e. The van der Waals surface area contributed by atoms with E-state index in [2.05, 4.69) is 6.92 Å². The van der Waals surface area contributed by atoms with Crippen LogP contribution in [0.3, 0.4) is 0 Å². The number of hydrogen-bond acceptors (Lipinski definition) is 3. The molecule has 3 rings (SSSR count). The highest BCUT2D eigenvalue weighted by atomic mass is 16.3. The number of nitrogens with zero attached hydrogens (tertiary/aromatic N) is 1. The molecule has 2 unspecified atom stereocenters. The number of β-amino-alcohol motifs (C(OH)–C–C–N with tert-alkyl or cyclic N) is 1. The van der Waals surface area contributed by atoms with Crippen LogP contribution >= 0.6 is 0 Å². The molecule has 2 amide bonds. The molecule has 0 spiro atoms. The summed E-state index contributed by atoms with van der Waals surface area (Å²) in [5.41, 5.74) is -0.862. The first kappa shape index (κ1) is 13.8. The summed E-state index contributed by atoms with van der Waals surface area (Å²) in [6, 6.07) is 0. The Balaban J connectivity index is 1.72. The Labute approximate surface area is 119 Å². The van der Waals surface area contributed by atoms with Crippen LogP contribution in [0.2, 0.25) is 0 Å². The van der Waals surface area contributed by atoms with E-state index in [1.807, 2.05) is 12.2 Å². The number of fused-ring (bicyclic) bond motifs is 1. The van der Waals surface area contributed by atoms with E-state index in [1.165, 1.54) is 4.90 Å². The van der Waals surface area contributed by atoms with Crippen LogP contribution in [0.15, 0.2) is 12.2 Å². The van der Waals surface area contributed by atoms with Crippen molar-refractivity contribution in [1.82, 2.24) is 4.90 Å². The summed E-state index contributed by atoms with van der Waals surface area (Å²) >= 11 is 0. The molecule has 1 aliphatic heterocycles. The van der Waals surface area contributed by atoms with Gasteiger partial charge in [0.05, 0.1) is 24.0 Å². The Hall–Kier alpha value is -1.16. The van der Waals surface area contributed by atoms with Crippen LogP contribution in [0.5, 0.6) is 0 Å². The highest BCUT2D eigenvalue weighted by molar-refractivity contribution is 6.05. The van der Waals surface area contributed by atoms with E-state index in [1.54, 1.807) is 0 Å². The van der Waals surface area contributed by atoms with Gasteiger partial charge in [-0.05, 0) is 44.4 Å². The summed E-state index contributed by atoms with van der Waals surface area (Å²) in [6.07, 6.45) is 8.65. The minimum atomic E-state index is -0.862. The maximum atomic E-state index is 12.4. The summed E-state index contributed by atoms with van der Waals surface area (Å²) in [5, 5.41) is 10.7. The zero-order valence-electron chi connectivity index (χ0n) is 12.0. The number of likely N-dealkylation sites (tertiary alicyclic amines) is 1. The highest BCUT2D eigenvalue weighted by Crippen LogP contribution is 2.38. The molecule has 3 aliphatic rings. The Bertz CT molecular complexity index is 423. The smallest absolute Gasteiger partial charge is 0.233 e. The van der Waals surface area contributed by atoms with Gasteiger partial charge >= 0.3 is 0 Å². The summed E-state index contributed by atoms with van der Waals surface area (Å²) in [5.74, 6) is 0.122. The second kappa shape index (κ2) is 4.99. The summed E-state index contributed by atoms with van der Waals surface area (Å²) in [6.45, 7) is 2.39. The second-order valence-electron chi connectivity index (χ2n) is 6.83. The lowest BCUT2D eigenvalue weighted by atomic mass is 9.79. The zero-order valence-corrected chi connectivity index (χ0v) is 12.0. The van der Waals surface area contributed by atoms with E-state index in [0.29, 0.717) is 31.6 Å². The Morgan fingerprint density at radius 1 is 1.15 bits per heavy atom. The fourth-order valence-corrected chi connectivity index (χ4v) is 3.78. The third-order valence-electron chi connectivity index (χ3n) is 5.26. The van der Waals surface area contributed by atoms with Crippen molar-refractivity contribution in [2.24, 2.45) is 17.8 Å². The summed E-state index contributed by atoms with van der Waals surface area (Å²) in [4.78, 5) is 26.1. The third kappa shape index (κ3) is 2.30. The molecule has 1 saturated heterocycles. The van der Waals surface area contributed by atoms with Gasteiger partial charge in [-0.3, -0.25) is 14.5 Å². The largest absolute Gasteiger partial charge is 0.388 e. The van der Waals surface area contributed by atoms with Crippen molar-refractivity contribution < 1.29 is 14.7 Å². The standard InChI is InChI=1S/C16H23NO3/c1-11-6-8-16(20,9-7-11)10-17-14(18)12-4-2-3-5-13(12)15(17)19/h2-3,11-13,20H,4-10H2,1H3. The Morgan fingerprint density at radius 3 is 2.15 bits per heavy atom.